The topological polar surface area (TPSA) is 35.0 Å². The summed E-state index contributed by atoms with van der Waals surface area (Å²) in [7, 11) is 0. The minimum Gasteiger partial charge on any atom is -0.372 e. The lowest BCUT2D eigenvalue weighted by Gasteiger charge is -2.27. The molecule has 5 heteroatoms. The number of pyridine rings is 2. The van der Waals surface area contributed by atoms with Gasteiger partial charge in [-0.25, -0.2) is 0 Å². The highest BCUT2D eigenvalue weighted by Crippen LogP contribution is 2.31. The Morgan fingerprint density at radius 1 is 1.00 bits per heavy atom. The van der Waals surface area contributed by atoms with Gasteiger partial charge in [-0.05, 0) is 54.5 Å². The first kappa shape index (κ1) is 20.6. The van der Waals surface area contributed by atoms with Crippen molar-refractivity contribution < 1.29 is 13.5 Å². The predicted molar refractivity (Wildman–Crippen MR) is 114 cm³/mol. The Labute approximate surface area is 176 Å². The molecule has 156 valence electrons. The number of hydrogen-bond donors (Lipinski definition) is 0. The van der Waals surface area contributed by atoms with Crippen molar-refractivity contribution in [3.05, 3.63) is 83.4 Å². The Hall–Kier alpha value is -2.66. The zero-order chi connectivity index (χ0) is 21.0. The normalized spacial score (nSPS) is 14.5. The molecule has 0 bridgehead atoms. The van der Waals surface area contributed by atoms with Crippen LogP contribution in [0.5, 0.6) is 0 Å². The molecule has 1 aromatic carbocycles. The van der Waals surface area contributed by atoms with E-state index in [1.54, 1.807) is 12.3 Å². The summed E-state index contributed by atoms with van der Waals surface area (Å²) in [6, 6.07) is 15.4. The fourth-order valence-corrected chi connectivity index (χ4v) is 3.69. The van der Waals surface area contributed by atoms with Gasteiger partial charge in [-0.15, -0.1) is 0 Å². The molecule has 2 aromatic heterocycles. The van der Waals surface area contributed by atoms with Crippen LogP contribution in [0.4, 0.5) is 8.78 Å². The molecule has 1 saturated carbocycles. The fraction of sp³-hybridized carbons (Fsp3) is 0.360. The van der Waals surface area contributed by atoms with Gasteiger partial charge in [0, 0.05) is 24.4 Å². The molecule has 0 saturated heterocycles. The maximum Gasteiger partial charge on any atom is 0.312 e. The second-order valence-electron chi connectivity index (χ2n) is 7.81. The number of aryl methyl sites for hydroxylation is 1. The number of aromatic nitrogens is 2. The number of alkyl halides is 2. The molecule has 2 heterocycles. The molecule has 1 aliphatic carbocycles. The lowest BCUT2D eigenvalue weighted by Crippen LogP contribution is -2.29. The number of benzene rings is 1. The summed E-state index contributed by atoms with van der Waals surface area (Å²) in [5.41, 5.74) is 5.00. The molecule has 0 spiro atoms. The highest BCUT2D eigenvalue weighted by Gasteiger charge is 2.35. The summed E-state index contributed by atoms with van der Waals surface area (Å²) in [5.74, 6) is -3.08. The highest BCUT2D eigenvalue weighted by atomic mass is 19.3. The van der Waals surface area contributed by atoms with Crippen molar-refractivity contribution in [2.24, 2.45) is 0 Å². The van der Waals surface area contributed by atoms with Crippen molar-refractivity contribution in [2.75, 3.05) is 6.61 Å². The van der Waals surface area contributed by atoms with Crippen molar-refractivity contribution >= 4 is 0 Å². The van der Waals surface area contributed by atoms with Crippen molar-refractivity contribution in [3.8, 4) is 11.1 Å². The van der Waals surface area contributed by atoms with Gasteiger partial charge in [-0.1, -0.05) is 43.3 Å². The van der Waals surface area contributed by atoms with Crippen LogP contribution in [0.3, 0.4) is 0 Å². The van der Waals surface area contributed by atoms with Gasteiger partial charge in [0.05, 0.1) is 11.8 Å². The molecule has 30 heavy (non-hydrogen) atoms. The van der Waals surface area contributed by atoms with Crippen molar-refractivity contribution in [1.82, 2.24) is 9.97 Å². The number of rotatable bonds is 8. The van der Waals surface area contributed by atoms with E-state index in [0.29, 0.717) is 6.42 Å². The molecular formula is C25H26F2N2O. The first-order chi connectivity index (χ1) is 14.6. The average molecular weight is 408 g/mol. The Morgan fingerprint density at radius 3 is 2.50 bits per heavy atom. The van der Waals surface area contributed by atoms with Gasteiger partial charge in [0.2, 0.25) is 0 Å². The van der Waals surface area contributed by atoms with Crippen molar-refractivity contribution in [3.63, 3.8) is 0 Å². The zero-order valence-corrected chi connectivity index (χ0v) is 17.2. The summed E-state index contributed by atoms with van der Waals surface area (Å²) < 4.78 is 34.1. The first-order valence-electron chi connectivity index (χ1n) is 10.5. The van der Waals surface area contributed by atoms with E-state index in [0.717, 1.165) is 48.1 Å². The van der Waals surface area contributed by atoms with Crippen LogP contribution in [-0.2, 0) is 23.5 Å². The van der Waals surface area contributed by atoms with E-state index < -0.39 is 12.5 Å². The molecule has 1 aliphatic rings. The summed E-state index contributed by atoms with van der Waals surface area (Å²) in [5, 5.41) is 0. The van der Waals surface area contributed by atoms with Gasteiger partial charge in [0.15, 0.2) is 0 Å². The maximum atomic E-state index is 14.4. The lowest BCUT2D eigenvalue weighted by atomic mass is 9.95. The standard InChI is InChI=1S/C25H26F2N2O/c1-2-19-7-3-4-10-21(19)22-11-6-14-28-23(22)15-18-12-13-24(29-16-18)25(26,27)17-30-20-8-5-9-20/h3-4,6-7,10-14,16,20H,2,5,8-9,15,17H2,1H3. The Balaban J connectivity index is 1.51. The summed E-state index contributed by atoms with van der Waals surface area (Å²) >= 11 is 0. The smallest absolute Gasteiger partial charge is 0.312 e. The van der Waals surface area contributed by atoms with E-state index >= 15 is 0 Å². The average Bonchev–Trinajstić information content (AvgIpc) is 2.73. The van der Waals surface area contributed by atoms with Crippen molar-refractivity contribution in [1.29, 1.82) is 0 Å². The van der Waals surface area contributed by atoms with E-state index in [-0.39, 0.29) is 11.8 Å². The molecule has 0 radical (unpaired) electrons. The van der Waals surface area contributed by atoms with Crippen LogP contribution in [0, 0.1) is 0 Å². The highest BCUT2D eigenvalue weighted by molar-refractivity contribution is 5.69. The third kappa shape index (κ3) is 4.57. The predicted octanol–water partition coefficient (Wildman–Crippen LogP) is 5.96. The Bertz CT molecular complexity index is 984. The van der Waals surface area contributed by atoms with E-state index in [9.17, 15) is 8.78 Å². The SMILES string of the molecule is CCc1ccccc1-c1cccnc1Cc1ccc(C(F)(F)COC2CCC2)nc1. The molecule has 0 aliphatic heterocycles. The molecular weight excluding hydrogens is 382 g/mol. The van der Waals surface area contributed by atoms with Crippen LogP contribution < -0.4 is 0 Å². The number of ether oxygens (including phenoxy) is 1. The van der Waals surface area contributed by atoms with E-state index in [2.05, 4.69) is 35.1 Å². The molecule has 4 rings (SSSR count). The summed E-state index contributed by atoms with van der Waals surface area (Å²) in [6.45, 7) is 1.52. The first-order valence-corrected chi connectivity index (χ1v) is 10.5. The lowest BCUT2D eigenvalue weighted by molar-refractivity contribution is -0.122. The molecule has 0 unspecified atom stereocenters. The Kier molecular flexibility index (Phi) is 6.18. The molecule has 0 N–H and O–H groups in total. The van der Waals surface area contributed by atoms with Gasteiger partial charge < -0.3 is 4.74 Å². The molecule has 0 amide bonds. The van der Waals surface area contributed by atoms with Crippen molar-refractivity contribution in [2.45, 2.75) is 51.1 Å². The van der Waals surface area contributed by atoms with Gasteiger partial charge in [-0.3, -0.25) is 9.97 Å². The van der Waals surface area contributed by atoms with Crippen LogP contribution in [0.15, 0.2) is 60.9 Å². The minimum atomic E-state index is -3.08. The molecule has 3 nitrogen and oxygen atoms in total. The summed E-state index contributed by atoms with van der Waals surface area (Å²) in [6.07, 6.45) is 7.53. The second-order valence-corrected chi connectivity index (χ2v) is 7.81. The van der Waals surface area contributed by atoms with Crippen LogP contribution in [0.2, 0.25) is 0 Å². The summed E-state index contributed by atoms with van der Waals surface area (Å²) in [4.78, 5) is 8.61. The van der Waals surface area contributed by atoms with Crippen LogP contribution >= 0.6 is 0 Å². The fourth-order valence-electron chi connectivity index (χ4n) is 3.69. The number of nitrogens with zero attached hydrogens (tertiary/aromatic N) is 2. The second kappa shape index (κ2) is 9.00. The van der Waals surface area contributed by atoms with E-state index in [1.807, 2.05) is 18.2 Å². The van der Waals surface area contributed by atoms with Crippen LogP contribution in [0.1, 0.15) is 48.7 Å². The molecule has 0 atom stereocenters. The number of halogens is 2. The molecule has 1 fully saturated rings. The van der Waals surface area contributed by atoms with Crippen LogP contribution in [-0.4, -0.2) is 22.7 Å². The van der Waals surface area contributed by atoms with Gasteiger partial charge in [0.1, 0.15) is 12.3 Å². The third-order valence-electron chi connectivity index (χ3n) is 5.70. The zero-order valence-electron chi connectivity index (χ0n) is 17.2. The minimum absolute atomic E-state index is 0.0243. The maximum absolute atomic E-state index is 14.4. The van der Waals surface area contributed by atoms with Gasteiger partial charge in [0.25, 0.3) is 0 Å². The monoisotopic (exact) mass is 408 g/mol. The Morgan fingerprint density at radius 2 is 1.80 bits per heavy atom. The number of hydrogen-bond acceptors (Lipinski definition) is 3. The van der Waals surface area contributed by atoms with Gasteiger partial charge in [-0.2, -0.15) is 8.78 Å². The third-order valence-corrected chi connectivity index (χ3v) is 5.70. The molecule has 3 aromatic rings. The van der Waals surface area contributed by atoms with Crippen LogP contribution in [0.25, 0.3) is 11.1 Å². The van der Waals surface area contributed by atoms with E-state index in [4.69, 9.17) is 4.74 Å². The van der Waals surface area contributed by atoms with Gasteiger partial charge >= 0.3 is 5.92 Å². The largest absolute Gasteiger partial charge is 0.372 e. The van der Waals surface area contributed by atoms with E-state index in [1.165, 1.54) is 17.8 Å². The quantitative estimate of drug-likeness (QED) is 0.461.